The van der Waals surface area contributed by atoms with E-state index in [2.05, 4.69) is 22.5 Å². The number of pyridine rings is 1. The van der Waals surface area contributed by atoms with Crippen molar-refractivity contribution in [1.82, 2.24) is 4.98 Å². The Kier molecular flexibility index (Phi) is 5.19. The molecular weight excluding hydrogens is 220 g/mol. The molecule has 0 aromatic carbocycles. The summed E-state index contributed by atoms with van der Waals surface area (Å²) in [6.07, 6.45) is 3.21. The van der Waals surface area contributed by atoms with Gasteiger partial charge < -0.3 is 10.6 Å². The highest BCUT2D eigenvalue weighted by atomic mass is 16.6. The third kappa shape index (κ3) is 3.90. The highest BCUT2D eigenvalue weighted by Gasteiger charge is 2.14. The molecule has 6 heteroatoms. The standard InChI is InChI=1S/C11H18N4O2/c1-3-4-5-8-13-11-9(15(16)17)6-7-10(12-2)14-11/h6-7H,3-5,8H2,1-2H3,(H2,12,13,14). The van der Waals surface area contributed by atoms with E-state index in [0.717, 1.165) is 19.3 Å². The van der Waals surface area contributed by atoms with Gasteiger partial charge in [-0.3, -0.25) is 10.1 Å². The van der Waals surface area contributed by atoms with Crippen molar-refractivity contribution in [3.05, 3.63) is 22.2 Å². The molecule has 1 aromatic heterocycles. The number of anilines is 2. The number of nitro groups is 1. The molecule has 0 fully saturated rings. The molecule has 1 aromatic rings. The number of unbranched alkanes of at least 4 members (excludes halogenated alkanes) is 2. The Balaban J connectivity index is 2.75. The van der Waals surface area contributed by atoms with Crippen LogP contribution in [-0.4, -0.2) is 23.5 Å². The zero-order valence-electron chi connectivity index (χ0n) is 10.2. The van der Waals surface area contributed by atoms with Gasteiger partial charge in [0.05, 0.1) is 4.92 Å². The van der Waals surface area contributed by atoms with E-state index in [1.54, 1.807) is 13.1 Å². The minimum Gasteiger partial charge on any atom is -0.373 e. The molecule has 1 heterocycles. The van der Waals surface area contributed by atoms with Gasteiger partial charge >= 0.3 is 5.69 Å². The van der Waals surface area contributed by atoms with Crippen LogP contribution in [0.5, 0.6) is 0 Å². The van der Waals surface area contributed by atoms with Gasteiger partial charge in [-0.1, -0.05) is 19.8 Å². The summed E-state index contributed by atoms with van der Waals surface area (Å²) in [6, 6.07) is 3.05. The number of hydrogen-bond donors (Lipinski definition) is 2. The lowest BCUT2D eigenvalue weighted by Gasteiger charge is -2.07. The molecule has 0 unspecified atom stereocenters. The first-order valence-electron chi connectivity index (χ1n) is 5.76. The van der Waals surface area contributed by atoms with Crippen molar-refractivity contribution in [3.63, 3.8) is 0 Å². The molecule has 0 saturated heterocycles. The van der Waals surface area contributed by atoms with Gasteiger partial charge in [-0.05, 0) is 12.5 Å². The maximum absolute atomic E-state index is 10.8. The lowest BCUT2D eigenvalue weighted by atomic mass is 10.2. The number of nitrogens with zero attached hydrogens (tertiary/aromatic N) is 2. The van der Waals surface area contributed by atoms with E-state index in [9.17, 15) is 10.1 Å². The van der Waals surface area contributed by atoms with Crippen LogP contribution in [-0.2, 0) is 0 Å². The Hall–Kier alpha value is -1.85. The summed E-state index contributed by atoms with van der Waals surface area (Å²) < 4.78 is 0. The molecule has 2 N–H and O–H groups in total. The minimum atomic E-state index is -0.422. The molecule has 94 valence electrons. The van der Waals surface area contributed by atoms with Crippen LogP contribution in [0.2, 0.25) is 0 Å². The molecule has 0 aliphatic heterocycles. The Labute approximate surface area is 101 Å². The molecular formula is C11H18N4O2. The van der Waals surface area contributed by atoms with E-state index in [-0.39, 0.29) is 5.69 Å². The van der Waals surface area contributed by atoms with Crippen molar-refractivity contribution in [1.29, 1.82) is 0 Å². The zero-order valence-corrected chi connectivity index (χ0v) is 10.2. The molecule has 0 bridgehead atoms. The molecule has 0 radical (unpaired) electrons. The molecule has 0 saturated carbocycles. The van der Waals surface area contributed by atoms with Crippen LogP contribution in [0.25, 0.3) is 0 Å². The first-order chi connectivity index (χ1) is 8.19. The van der Waals surface area contributed by atoms with Gasteiger partial charge in [-0.25, -0.2) is 4.98 Å². The Morgan fingerprint density at radius 2 is 2.18 bits per heavy atom. The number of hydrogen-bond acceptors (Lipinski definition) is 5. The molecule has 0 amide bonds. The van der Waals surface area contributed by atoms with E-state index < -0.39 is 4.92 Å². The summed E-state index contributed by atoms with van der Waals surface area (Å²) >= 11 is 0. The summed E-state index contributed by atoms with van der Waals surface area (Å²) in [4.78, 5) is 14.5. The van der Waals surface area contributed by atoms with Crippen molar-refractivity contribution in [2.75, 3.05) is 24.2 Å². The van der Waals surface area contributed by atoms with Crippen LogP contribution in [0.15, 0.2) is 12.1 Å². The molecule has 1 rings (SSSR count). The topological polar surface area (TPSA) is 80.1 Å². The minimum absolute atomic E-state index is 0.0144. The molecule has 0 aliphatic rings. The van der Waals surface area contributed by atoms with Crippen LogP contribution in [0.3, 0.4) is 0 Å². The maximum Gasteiger partial charge on any atom is 0.311 e. The quantitative estimate of drug-likeness (QED) is 0.433. The average Bonchev–Trinajstić information content (AvgIpc) is 2.34. The molecule has 6 nitrogen and oxygen atoms in total. The predicted molar refractivity (Wildman–Crippen MR) is 68.5 cm³/mol. The third-order valence-corrected chi connectivity index (χ3v) is 2.40. The number of aromatic nitrogens is 1. The van der Waals surface area contributed by atoms with Gasteiger partial charge in [-0.2, -0.15) is 0 Å². The van der Waals surface area contributed by atoms with E-state index >= 15 is 0 Å². The van der Waals surface area contributed by atoms with Gasteiger partial charge in [0.2, 0.25) is 5.82 Å². The Morgan fingerprint density at radius 3 is 2.76 bits per heavy atom. The van der Waals surface area contributed by atoms with E-state index in [1.807, 2.05) is 0 Å². The van der Waals surface area contributed by atoms with E-state index in [4.69, 9.17) is 0 Å². The first kappa shape index (κ1) is 13.2. The monoisotopic (exact) mass is 238 g/mol. The maximum atomic E-state index is 10.8. The van der Waals surface area contributed by atoms with Crippen molar-refractivity contribution >= 4 is 17.3 Å². The van der Waals surface area contributed by atoms with Crippen molar-refractivity contribution in [3.8, 4) is 0 Å². The summed E-state index contributed by atoms with van der Waals surface area (Å²) in [5, 5.41) is 16.7. The zero-order chi connectivity index (χ0) is 12.7. The average molecular weight is 238 g/mol. The van der Waals surface area contributed by atoms with Crippen molar-refractivity contribution < 1.29 is 4.92 Å². The molecule has 0 atom stereocenters. The largest absolute Gasteiger partial charge is 0.373 e. The van der Waals surface area contributed by atoms with Crippen LogP contribution >= 0.6 is 0 Å². The van der Waals surface area contributed by atoms with Crippen molar-refractivity contribution in [2.45, 2.75) is 26.2 Å². The molecule has 17 heavy (non-hydrogen) atoms. The van der Waals surface area contributed by atoms with Gasteiger partial charge in [0.15, 0.2) is 0 Å². The van der Waals surface area contributed by atoms with Crippen LogP contribution in [0.4, 0.5) is 17.3 Å². The lowest BCUT2D eigenvalue weighted by Crippen LogP contribution is -2.07. The molecule has 0 spiro atoms. The first-order valence-corrected chi connectivity index (χ1v) is 5.76. The smallest absolute Gasteiger partial charge is 0.311 e. The second-order valence-electron chi connectivity index (χ2n) is 3.71. The fraction of sp³-hybridized carbons (Fsp3) is 0.545. The lowest BCUT2D eigenvalue weighted by molar-refractivity contribution is -0.384. The van der Waals surface area contributed by atoms with Crippen LogP contribution in [0.1, 0.15) is 26.2 Å². The van der Waals surface area contributed by atoms with Crippen LogP contribution in [0, 0.1) is 10.1 Å². The van der Waals surface area contributed by atoms with Gasteiger partial charge in [0.25, 0.3) is 0 Å². The normalized spacial score (nSPS) is 10.0. The number of rotatable bonds is 7. The van der Waals surface area contributed by atoms with Crippen LogP contribution < -0.4 is 10.6 Å². The second-order valence-corrected chi connectivity index (χ2v) is 3.71. The third-order valence-electron chi connectivity index (χ3n) is 2.40. The fourth-order valence-electron chi connectivity index (χ4n) is 1.45. The van der Waals surface area contributed by atoms with Gasteiger partial charge in [0, 0.05) is 19.7 Å². The molecule has 0 aliphatic carbocycles. The highest BCUT2D eigenvalue weighted by molar-refractivity contribution is 5.60. The fourth-order valence-corrected chi connectivity index (χ4v) is 1.45. The van der Waals surface area contributed by atoms with Gasteiger partial charge in [-0.15, -0.1) is 0 Å². The second kappa shape index (κ2) is 6.67. The predicted octanol–water partition coefficient (Wildman–Crippen LogP) is 2.63. The SMILES string of the molecule is CCCCCNc1nc(NC)ccc1[N+](=O)[O-]. The van der Waals surface area contributed by atoms with Crippen molar-refractivity contribution in [2.24, 2.45) is 0 Å². The summed E-state index contributed by atoms with van der Waals surface area (Å²) in [7, 11) is 1.73. The van der Waals surface area contributed by atoms with E-state index in [1.165, 1.54) is 6.07 Å². The van der Waals surface area contributed by atoms with E-state index in [0.29, 0.717) is 18.2 Å². The Morgan fingerprint density at radius 1 is 1.41 bits per heavy atom. The highest BCUT2D eigenvalue weighted by Crippen LogP contribution is 2.23. The number of nitrogens with one attached hydrogen (secondary N) is 2. The van der Waals surface area contributed by atoms with Gasteiger partial charge in [0.1, 0.15) is 5.82 Å². The summed E-state index contributed by atoms with van der Waals surface area (Å²) in [6.45, 7) is 2.82. The summed E-state index contributed by atoms with van der Waals surface area (Å²) in [5.74, 6) is 0.951. The Bertz CT molecular complexity index is 382. The summed E-state index contributed by atoms with van der Waals surface area (Å²) in [5.41, 5.74) is 0.0144.